The van der Waals surface area contributed by atoms with Gasteiger partial charge >= 0.3 is 0 Å². The molecule has 0 saturated carbocycles. The number of rotatable bonds is 10. The average Bonchev–Trinajstić information content (AvgIpc) is 3.31. The second-order valence-corrected chi connectivity index (χ2v) is 6.44. The molecule has 0 bridgehead atoms. The van der Waals surface area contributed by atoms with Crippen molar-refractivity contribution in [2.24, 2.45) is 0 Å². The minimum Gasteiger partial charge on any atom is -0.494 e. The highest BCUT2D eigenvalue weighted by Gasteiger charge is 2.11. The van der Waals surface area contributed by atoms with Crippen molar-refractivity contribution >= 4 is 0 Å². The summed E-state index contributed by atoms with van der Waals surface area (Å²) in [7, 11) is 0. The molecule has 0 amide bonds. The minimum absolute atomic E-state index is 0.137. The molecule has 0 aliphatic carbocycles. The summed E-state index contributed by atoms with van der Waals surface area (Å²) in [5, 5.41) is 22.6. The Morgan fingerprint density at radius 2 is 2.04 bits per heavy atom. The van der Waals surface area contributed by atoms with Crippen molar-refractivity contribution < 1.29 is 19.5 Å². The summed E-state index contributed by atoms with van der Waals surface area (Å²) in [5.41, 5.74) is 1.99. The monoisotopic (exact) mass is 371 g/mol. The van der Waals surface area contributed by atoms with Gasteiger partial charge < -0.3 is 24.0 Å². The zero-order valence-corrected chi connectivity index (χ0v) is 15.4. The van der Waals surface area contributed by atoms with Gasteiger partial charge in [0.05, 0.1) is 13.2 Å². The van der Waals surface area contributed by atoms with Crippen LogP contribution in [0.25, 0.3) is 0 Å². The third kappa shape index (κ3) is 5.42. The number of aliphatic hydroxyl groups is 2. The molecule has 2 heterocycles. The smallest absolute Gasteiger partial charge is 0.137 e. The van der Waals surface area contributed by atoms with Crippen LogP contribution in [0.5, 0.6) is 5.75 Å². The van der Waals surface area contributed by atoms with Gasteiger partial charge in [-0.15, -0.1) is 0 Å². The SMILES string of the molecule is C[C@H](O)c1nccn1Cc1cc(CCc2ccc(OCCCO)cc2)on1. The molecule has 0 unspecified atom stereocenters. The van der Waals surface area contributed by atoms with Crippen LogP contribution in [0.4, 0.5) is 0 Å². The molecule has 0 spiro atoms. The first-order valence-corrected chi connectivity index (χ1v) is 9.12. The van der Waals surface area contributed by atoms with E-state index in [4.69, 9.17) is 14.4 Å². The van der Waals surface area contributed by atoms with Gasteiger partial charge in [-0.1, -0.05) is 17.3 Å². The lowest BCUT2D eigenvalue weighted by Crippen LogP contribution is -2.07. The Morgan fingerprint density at radius 1 is 1.22 bits per heavy atom. The van der Waals surface area contributed by atoms with Gasteiger partial charge in [-0.2, -0.15) is 0 Å². The molecular formula is C20H25N3O4. The van der Waals surface area contributed by atoms with Crippen molar-refractivity contribution in [1.82, 2.24) is 14.7 Å². The first-order valence-electron chi connectivity index (χ1n) is 9.12. The molecule has 7 nitrogen and oxygen atoms in total. The number of benzene rings is 1. The molecule has 0 radical (unpaired) electrons. The number of nitrogens with zero attached hydrogens (tertiary/aromatic N) is 3. The maximum Gasteiger partial charge on any atom is 0.137 e. The van der Waals surface area contributed by atoms with E-state index >= 15 is 0 Å². The summed E-state index contributed by atoms with van der Waals surface area (Å²) < 4.78 is 12.8. The zero-order chi connectivity index (χ0) is 19.1. The zero-order valence-electron chi connectivity index (χ0n) is 15.4. The van der Waals surface area contributed by atoms with E-state index in [1.807, 2.05) is 41.1 Å². The van der Waals surface area contributed by atoms with Crippen LogP contribution < -0.4 is 4.74 Å². The number of aliphatic hydroxyl groups excluding tert-OH is 2. The fourth-order valence-corrected chi connectivity index (χ4v) is 2.82. The largest absolute Gasteiger partial charge is 0.494 e. The van der Waals surface area contributed by atoms with E-state index in [1.165, 1.54) is 5.56 Å². The van der Waals surface area contributed by atoms with Crippen molar-refractivity contribution in [3.05, 3.63) is 65.6 Å². The Hall–Kier alpha value is -2.64. The normalized spacial score (nSPS) is 12.3. The lowest BCUT2D eigenvalue weighted by molar-refractivity contribution is 0.184. The molecule has 3 rings (SSSR count). The highest BCUT2D eigenvalue weighted by atomic mass is 16.5. The molecule has 1 atom stereocenters. The van der Waals surface area contributed by atoms with E-state index in [2.05, 4.69) is 10.1 Å². The maximum atomic E-state index is 9.72. The van der Waals surface area contributed by atoms with Crippen molar-refractivity contribution in [3.8, 4) is 5.75 Å². The van der Waals surface area contributed by atoms with Gasteiger partial charge in [-0.25, -0.2) is 4.98 Å². The Bertz CT molecular complexity index is 824. The predicted molar refractivity (Wildman–Crippen MR) is 99.5 cm³/mol. The standard InChI is InChI=1S/C20H25N3O4/c1-15(25)20-21-9-10-23(20)14-17-13-19(27-22-17)8-5-16-3-6-18(7-4-16)26-12-2-11-24/h3-4,6-7,9-10,13,15,24-25H,2,5,8,11-12,14H2,1H3/t15-/m0/s1. The Kier molecular flexibility index (Phi) is 6.62. The Balaban J connectivity index is 1.51. The van der Waals surface area contributed by atoms with Crippen LogP contribution in [0.2, 0.25) is 0 Å². The van der Waals surface area contributed by atoms with Gasteiger partial charge in [0.15, 0.2) is 0 Å². The van der Waals surface area contributed by atoms with Gasteiger partial charge in [0, 0.05) is 37.9 Å². The van der Waals surface area contributed by atoms with E-state index in [-0.39, 0.29) is 6.61 Å². The molecule has 0 fully saturated rings. The van der Waals surface area contributed by atoms with Gasteiger partial charge in [0.2, 0.25) is 0 Å². The van der Waals surface area contributed by atoms with Crippen molar-refractivity contribution in [2.45, 2.75) is 38.8 Å². The first-order chi connectivity index (χ1) is 13.2. The summed E-state index contributed by atoms with van der Waals surface area (Å²) in [4.78, 5) is 4.16. The summed E-state index contributed by atoms with van der Waals surface area (Å²) in [6, 6.07) is 9.89. The topological polar surface area (TPSA) is 93.5 Å². The highest BCUT2D eigenvalue weighted by molar-refractivity contribution is 5.27. The third-order valence-corrected chi connectivity index (χ3v) is 4.22. The van der Waals surface area contributed by atoms with E-state index in [9.17, 15) is 5.11 Å². The number of imidazole rings is 1. The van der Waals surface area contributed by atoms with E-state index in [0.29, 0.717) is 25.4 Å². The van der Waals surface area contributed by atoms with Gasteiger partial charge in [-0.05, 0) is 31.0 Å². The molecule has 27 heavy (non-hydrogen) atoms. The number of aryl methyl sites for hydroxylation is 2. The highest BCUT2D eigenvalue weighted by Crippen LogP contribution is 2.16. The molecule has 0 aliphatic rings. The second-order valence-electron chi connectivity index (χ2n) is 6.44. The first kappa shape index (κ1) is 19.1. The van der Waals surface area contributed by atoms with E-state index in [0.717, 1.165) is 30.0 Å². The van der Waals surface area contributed by atoms with E-state index in [1.54, 1.807) is 13.1 Å². The van der Waals surface area contributed by atoms with E-state index < -0.39 is 6.10 Å². The lowest BCUT2D eigenvalue weighted by Gasteiger charge is -2.07. The van der Waals surface area contributed by atoms with Gasteiger partial charge in [0.25, 0.3) is 0 Å². The second kappa shape index (κ2) is 9.34. The van der Waals surface area contributed by atoms with Crippen LogP contribution in [0.1, 0.15) is 42.3 Å². The molecule has 3 aromatic rings. The maximum absolute atomic E-state index is 9.72. The number of hydrogen-bond acceptors (Lipinski definition) is 6. The fraction of sp³-hybridized carbons (Fsp3) is 0.400. The van der Waals surface area contributed by atoms with Crippen molar-refractivity contribution in [1.29, 1.82) is 0 Å². The minimum atomic E-state index is -0.623. The summed E-state index contributed by atoms with van der Waals surface area (Å²) >= 11 is 0. The molecule has 2 aromatic heterocycles. The van der Waals surface area contributed by atoms with Crippen LogP contribution in [0, 0.1) is 0 Å². The molecule has 144 valence electrons. The quantitative estimate of drug-likeness (QED) is 0.532. The number of ether oxygens (including phenoxy) is 1. The Labute approximate surface area is 158 Å². The molecule has 0 saturated heterocycles. The molecule has 0 aliphatic heterocycles. The molecule has 1 aromatic carbocycles. The number of aromatic nitrogens is 3. The van der Waals surface area contributed by atoms with Crippen LogP contribution >= 0.6 is 0 Å². The van der Waals surface area contributed by atoms with Gasteiger partial charge in [0.1, 0.15) is 29.1 Å². The van der Waals surface area contributed by atoms with Crippen LogP contribution in [-0.2, 0) is 19.4 Å². The van der Waals surface area contributed by atoms with Crippen LogP contribution in [0.3, 0.4) is 0 Å². The Morgan fingerprint density at radius 3 is 2.78 bits per heavy atom. The van der Waals surface area contributed by atoms with Crippen LogP contribution in [0.15, 0.2) is 47.2 Å². The molecular weight excluding hydrogens is 346 g/mol. The summed E-state index contributed by atoms with van der Waals surface area (Å²) in [5.74, 6) is 2.25. The lowest BCUT2D eigenvalue weighted by atomic mass is 10.1. The van der Waals surface area contributed by atoms with Crippen molar-refractivity contribution in [3.63, 3.8) is 0 Å². The molecule has 2 N–H and O–H groups in total. The fourth-order valence-electron chi connectivity index (χ4n) is 2.82. The molecule has 7 heteroatoms. The van der Waals surface area contributed by atoms with Gasteiger partial charge in [-0.3, -0.25) is 0 Å². The predicted octanol–water partition coefficient (Wildman–Crippen LogP) is 2.52. The number of hydrogen-bond donors (Lipinski definition) is 2. The summed E-state index contributed by atoms with van der Waals surface area (Å²) in [6.07, 6.45) is 5.09. The average molecular weight is 371 g/mol. The third-order valence-electron chi connectivity index (χ3n) is 4.22. The van der Waals surface area contributed by atoms with Crippen molar-refractivity contribution in [2.75, 3.05) is 13.2 Å². The van der Waals surface area contributed by atoms with Crippen LogP contribution in [-0.4, -0.2) is 38.1 Å². The summed E-state index contributed by atoms with van der Waals surface area (Å²) in [6.45, 7) is 2.86.